The minimum absolute atomic E-state index is 0.594. The van der Waals surface area contributed by atoms with Gasteiger partial charge in [-0.2, -0.15) is 0 Å². The Labute approximate surface area is 105 Å². The first-order valence-electron chi connectivity index (χ1n) is 6.74. The zero-order valence-electron chi connectivity index (χ0n) is 10.5. The zero-order chi connectivity index (χ0) is 11.5. The molecule has 3 unspecified atom stereocenters. The Hall–Kier alpha value is -0.310. The van der Waals surface area contributed by atoms with E-state index in [0.717, 1.165) is 16.9 Å². The van der Waals surface area contributed by atoms with Crippen LogP contribution in [0.15, 0.2) is 0 Å². The SMILES string of the molecule is CC1CCC(NC(=S)NC2CCCC2)C1C. The summed E-state index contributed by atoms with van der Waals surface area (Å²) in [7, 11) is 0. The van der Waals surface area contributed by atoms with Gasteiger partial charge in [-0.25, -0.2) is 0 Å². The topological polar surface area (TPSA) is 24.1 Å². The summed E-state index contributed by atoms with van der Waals surface area (Å²) in [5.74, 6) is 1.59. The van der Waals surface area contributed by atoms with Gasteiger partial charge in [0.25, 0.3) is 0 Å². The fourth-order valence-electron chi connectivity index (χ4n) is 3.03. The third-order valence-corrected chi connectivity index (χ3v) is 4.71. The summed E-state index contributed by atoms with van der Waals surface area (Å²) in [5.41, 5.74) is 0. The van der Waals surface area contributed by atoms with Crippen molar-refractivity contribution in [1.29, 1.82) is 0 Å². The van der Waals surface area contributed by atoms with Crippen LogP contribution in [-0.4, -0.2) is 17.2 Å². The summed E-state index contributed by atoms with van der Waals surface area (Å²) in [6.45, 7) is 4.69. The average molecular weight is 240 g/mol. The molecule has 0 spiro atoms. The Balaban J connectivity index is 1.74. The number of rotatable bonds is 2. The van der Waals surface area contributed by atoms with Gasteiger partial charge in [-0.3, -0.25) is 0 Å². The highest BCUT2D eigenvalue weighted by atomic mass is 32.1. The van der Waals surface area contributed by atoms with Gasteiger partial charge in [-0.05, 0) is 49.7 Å². The predicted octanol–water partition coefficient (Wildman–Crippen LogP) is 2.83. The molecule has 0 aromatic heterocycles. The summed E-state index contributed by atoms with van der Waals surface area (Å²) >= 11 is 5.40. The number of hydrogen-bond acceptors (Lipinski definition) is 1. The van der Waals surface area contributed by atoms with E-state index >= 15 is 0 Å². The minimum Gasteiger partial charge on any atom is -0.360 e. The first-order valence-corrected chi connectivity index (χ1v) is 7.14. The van der Waals surface area contributed by atoms with E-state index in [1.54, 1.807) is 0 Å². The van der Waals surface area contributed by atoms with E-state index < -0.39 is 0 Å². The van der Waals surface area contributed by atoms with Crippen molar-refractivity contribution < 1.29 is 0 Å². The normalized spacial score (nSPS) is 35.2. The molecule has 3 heteroatoms. The first-order chi connectivity index (χ1) is 7.66. The van der Waals surface area contributed by atoms with Crippen LogP contribution in [0.25, 0.3) is 0 Å². The van der Waals surface area contributed by atoms with E-state index in [0.29, 0.717) is 12.1 Å². The highest BCUT2D eigenvalue weighted by molar-refractivity contribution is 7.80. The molecule has 2 rings (SSSR count). The number of thiocarbonyl (C=S) groups is 1. The molecule has 2 saturated carbocycles. The van der Waals surface area contributed by atoms with Crippen LogP contribution in [0.2, 0.25) is 0 Å². The fraction of sp³-hybridized carbons (Fsp3) is 0.923. The van der Waals surface area contributed by atoms with Crippen LogP contribution in [0.4, 0.5) is 0 Å². The maximum atomic E-state index is 5.40. The Morgan fingerprint density at radius 2 is 1.69 bits per heavy atom. The van der Waals surface area contributed by atoms with Gasteiger partial charge < -0.3 is 10.6 Å². The molecule has 2 aliphatic rings. The van der Waals surface area contributed by atoms with Crippen molar-refractivity contribution in [2.45, 2.75) is 64.5 Å². The lowest BCUT2D eigenvalue weighted by Crippen LogP contribution is -2.46. The molecule has 0 aromatic carbocycles. The quantitative estimate of drug-likeness (QED) is 0.726. The van der Waals surface area contributed by atoms with Crippen LogP contribution >= 0.6 is 12.2 Å². The summed E-state index contributed by atoms with van der Waals surface area (Å²) in [6.07, 6.45) is 7.91. The van der Waals surface area contributed by atoms with Crippen molar-refractivity contribution in [2.75, 3.05) is 0 Å². The Morgan fingerprint density at radius 3 is 2.25 bits per heavy atom. The number of nitrogens with one attached hydrogen (secondary N) is 2. The highest BCUT2D eigenvalue weighted by Crippen LogP contribution is 2.31. The van der Waals surface area contributed by atoms with Gasteiger partial charge in [0.05, 0.1) is 0 Å². The molecule has 3 atom stereocenters. The molecule has 16 heavy (non-hydrogen) atoms. The lowest BCUT2D eigenvalue weighted by Gasteiger charge is -2.23. The van der Waals surface area contributed by atoms with Crippen molar-refractivity contribution in [1.82, 2.24) is 10.6 Å². The maximum Gasteiger partial charge on any atom is 0.166 e. The maximum absolute atomic E-state index is 5.40. The molecule has 2 fully saturated rings. The third kappa shape index (κ3) is 2.88. The van der Waals surface area contributed by atoms with Crippen molar-refractivity contribution in [2.24, 2.45) is 11.8 Å². The van der Waals surface area contributed by atoms with Crippen molar-refractivity contribution >= 4 is 17.3 Å². The summed E-state index contributed by atoms with van der Waals surface area (Å²) in [5, 5.41) is 7.85. The molecule has 0 aliphatic heterocycles. The largest absolute Gasteiger partial charge is 0.360 e. The predicted molar refractivity (Wildman–Crippen MR) is 72.5 cm³/mol. The van der Waals surface area contributed by atoms with E-state index in [1.807, 2.05) is 0 Å². The van der Waals surface area contributed by atoms with Crippen LogP contribution in [0.5, 0.6) is 0 Å². The monoisotopic (exact) mass is 240 g/mol. The molecular formula is C13H24N2S. The smallest absolute Gasteiger partial charge is 0.166 e. The third-order valence-electron chi connectivity index (χ3n) is 4.47. The van der Waals surface area contributed by atoms with Gasteiger partial charge in [0.2, 0.25) is 0 Å². The Bertz CT molecular complexity index is 248. The van der Waals surface area contributed by atoms with E-state index in [1.165, 1.54) is 38.5 Å². The molecule has 0 amide bonds. The van der Waals surface area contributed by atoms with Gasteiger partial charge in [0, 0.05) is 12.1 Å². The lowest BCUT2D eigenvalue weighted by molar-refractivity contribution is 0.400. The van der Waals surface area contributed by atoms with Crippen molar-refractivity contribution in [3.63, 3.8) is 0 Å². The summed E-state index contributed by atoms with van der Waals surface area (Å²) < 4.78 is 0. The molecule has 0 saturated heterocycles. The second-order valence-corrected chi connectivity index (χ2v) is 6.03. The van der Waals surface area contributed by atoms with Crippen LogP contribution in [0.3, 0.4) is 0 Å². The first kappa shape index (κ1) is 12.2. The van der Waals surface area contributed by atoms with Gasteiger partial charge in [-0.15, -0.1) is 0 Å². The molecule has 2 nitrogen and oxygen atoms in total. The molecule has 0 heterocycles. The van der Waals surface area contributed by atoms with Crippen molar-refractivity contribution in [3.8, 4) is 0 Å². The van der Waals surface area contributed by atoms with Crippen molar-refractivity contribution in [3.05, 3.63) is 0 Å². The molecule has 2 aliphatic carbocycles. The molecule has 0 radical (unpaired) electrons. The van der Waals surface area contributed by atoms with E-state index in [2.05, 4.69) is 24.5 Å². The molecule has 0 bridgehead atoms. The zero-order valence-corrected chi connectivity index (χ0v) is 11.3. The highest BCUT2D eigenvalue weighted by Gasteiger charge is 2.30. The molecule has 2 N–H and O–H groups in total. The van der Waals surface area contributed by atoms with E-state index in [9.17, 15) is 0 Å². The minimum atomic E-state index is 0.594. The van der Waals surface area contributed by atoms with Gasteiger partial charge >= 0.3 is 0 Å². The Morgan fingerprint density at radius 1 is 1.00 bits per heavy atom. The van der Waals surface area contributed by atoms with Gasteiger partial charge in [0.15, 0.2) is 5.11 Å². The molecular weight excluding hydrogens is 216 g/mol. The summed E-state index contributed by atoms with van der Waals surface area (Å²) in [6, 6.07) is 1.23. The van der Waals surface area contributed by atoms with Crippen LogP contribution in [0.1, 0.15) is 52.4 Å². The molecule has 92 valence electrons. The Kier molecular flexibility index (Phi) is 4.06. The second kappa shape index (κ2) is 5.35. The number of hydrogen-bond donors (Lipinski definition) is 2. The van der Waals surface area contributed by atoms with Crippen LogP contribution in [-0.2, 0) is 0 Å². The van der Waals surface area contributed by atoms with E-state index in [4.69, 9.17) is 12.2 Å². The van der Waals surface area contributed by atoms with Gasteiger partial charge in [0.1, 0.15) is 0 Å². The fourth-order valence-corrected chi connectivity index (χ4v) is 3.35. The van der Waals surface area contributed by atoms with Gasteiger partial charge in [-0.1, -0.05) is 26.7 Å². The summed E-state index contributed by atoms with van der Waals surface area (Å²) in [4.78, 5) is 0. The molecule has 0 aromatic rings. The van der Waals surface area contributed by atoms with Crippen LogP contribution < -0.4 is 10.6 Å². The second-order valence-electron chi connectivity index (χ2n) is 5.62. The average Bonchev–Trinajstić information content (AvgIpc) is 2.83. The van der Waals surface area contributed by atoms with E-state index in [-0.39, 0.29) is 0 Å². The standard InChI is InChI=1S/C13H24N2S/c1-9-7-8-12(10(9)2)15-13(16)14-11-5-3-4-6-11/h9-12H,3-8H2,1-2H3,(H2,14,15,16). The van der Waals surface area contributed by atoms with Crippen LogP contribution in [0, 0.1) is 11.8 Å². The lowest BCUT2D eigenvalue weighted by atomic mass is 9.98.